The Kier molecular flexibility index (Phi) is 6.22. The van der Waals surface area contributed by atoms with Crippen LogP contribution in [0.5, 0.6) is 0 Å². The zero-order valence-electron chi connectivity index (χ0n) is 17.7. The molecular formula is C20H22N8O4S. The van der Waals surface area contributed by atoms with Crippen molar-refractivity contribution in [3.63, 3.8) is 0 Å². The molecule has 2 aromatic heterocycles. The van der Waals surface area contributed by atoms with Gasteiger partial charge < -0.3 is 20.6 Å². The second kappa shape index (κ2) is 9.24. The molecule has 4 N–H and O–H groups in total. The second-order valence-corrected chi connectivity index (χ2v) is 9.16. The predicted octanol–water partition coefficient (Wildman–Crippen LogP) is 2.03. The maximum atomic E-state index is 11.5. The Balaban J connectivity index is 1.43. The van der Waals surface area contributed by atoms with Crippen LogP contribution in [0, 0.1) is 0 Å². The Morgan fingerprint density at radius 1 is 1.12 bits per heavy atom. The first-order chi connectivity index (χ1) is 15.8. The minimum absolute atomic E-state index is 0.149. The number of fused-ring (bicyclic) bond motifs is 1. The quantitative estimate of drug-likeness (QED) is 0.402. The lowest BCUT2D eigenvalue weighted by molar-refractivity contribution is 0.140. The fourth-order valence-electron chi connectivity index (χ4n) is 3.37. The minimum atomic E-state index is -3.49. The fraction of sp³-hybridized carbons (Fsp3) is 0.250. The van der Waals surface area contributed by atoms with E-state index in [4.69, 9.17) is 0 Å². The van der Waals surface area contributed by atoms with E-state index in [1.54, 1.807) is 12.3 Å². The predicted molar refractivity (Wildman–Crippen MR) is 122 cm³/mol. The number of hydrogen-bond donors (Lipinski definition) is 4. The van der Waals surface area contributed by atoms with Crippen molar-refractivity contribution in [2.75, 3.05) is 28.2 Å². The smallest absolute Gasteiger partial charge is 0.407 e. The topological polar surface area (TPSA) is 162 Å². The van der Waals surface area contributed by atoms with Gasteiger partial charge in [0.25, 0.3) is 0 Å². The van der Waals surface area contributed by atoms with E-state index in [9.17, 15) is 18.3 Å². The number of benzene rings is 1. The average Bonchev–Trinajstić information content (AvgIpc) is 2.77. The van der Waals surface area contributed by atoms with Crippen LogP contribution in [0.1, 0.15) is 16.8 Å². The SMILES string of the molecule is CS(=O)(=O)Nc1nccnc1CNc1ccnc(Nc2ccc3c(c2)CCN(C(=O)O)C3)n1. The van der Waals surface area contributed by atoms with Crippen LogP contribution < -0.4 is 15.4 Å². The summed E-state index contributed by atoms with van der Waals surface area (Å²) in [4.78, 5) is 29.4. The van der Waals surface area contributed by atoms with Crippen molar-refractivity contribution >= 4 is 39.4 Å². The summed E-state index contributed by atoms with van der Waals surface area (Å²) in [6.45, 7) is 1.03. The van der Waals surface area contributed by atoms with Gasteiger partial charge in [-0.15, -0.1) is 0 Å². The second-order valence-electron chi connectivity index (χ2n) is 7.41. The van der Waals surface area contributed by atoms with Crippen molar-refractivity contribution in [1.29, 1.82) is 0 Å². The Hall–Kier alpha value is -4.00. The largest absolute Gasteiger partial charge is 0.465 e. The van der Waals surface area contributed by atoms with Gasteiger partial charge in [0, 0.05) is 37.4 Å². The average molecular weight is 471 g/mol. The van der Waals surface area contributed by atoms with Crippen LogP contribution in [0.15, 0.2) is 42.9 Å². The van der Waals surface area contributed by atoms with Gasteiger partial charge in [0.05, 0.1) is 12.8 Å². The Morgan fingerprint density at radius 3 is 2.73 bits per heavy atom. The van der Waals surface area contributed by atoms with Gasteiger partial charge >= 0.3 is 6.09 Å². The standard InChI is InChI=1S/C20H22N8O4S/c1-33(31,32)27-18-16(21-7-8-22-18)11-24-17-4-6-23-19(26-17)25-15-3-2-14-12-28(20(29)30)9-5-13(14)10-15/h2-4,6-8,10H,5,9,11-12H2,1H3,(H,22,27)(H,29,30)(H2,23,24,25,26). The summed E-state index contributed by atoms with van der Waals surface area (Å²) >= 11 is 0. The molecule has 0 radical (unpaired) electrons. The summed E-state index contributed by atoms with van der Waals surface area (Å²) < 4.78 is 25.4. The van der Waals surface area contributed by atoms with Crippen molar-refractivity contribution in [2.24, 2.45) is 0 Å². The van der Waals surface area contributed by atoms with E-state index in [1.807, 2.05) is 18.2 Å². The van der Waals surface area contributed by atoms with Crippen LogP contribution in [0.25, 0.3) is 0 Å². The Morgan fingerprint density at radius 2 is 1.94 bits per heavy atom. The van der Waals surface area contributed by atoms with Crippen LogP contribution in [0.4, 0.5) is 28.1 Å². The Bertz CT molecular complexity index is 1280. The first-order valence-electron chi connectivity index (χ1n) is 9.98. The number of rotatable bonds is 7. The molecule has 1 amide bonds. The van der Waals surface area contributed by atoms with E-state index in [0.717, 1.165) is 23.1 Å². The highest BCUT2D eigenvalue weighted by atomic mass is 32.2. The van der Waals surface area contributed by atoms with Crippen LogP contribution in [0.3, 0.4) is 0 Å². The van der Waals surface area contributed by atoms with E-state index in [1.165, 1.54) is 17.3 Å². The van der Waals surface area contributed by atoms with E-state index in [0.29, 0.717) is 37.0 Å². The molecule has 0 atom stereocenters. The third kappa shape index (κ3) is 5.83. The summed E-state index contributed by atoms with van der Waals surface area (Å²) in [7, 11) is -3.49. The zero-order chi connectivity index (χ0) is 23.4. The molecule has 172 valence electrons. The molecule has 0 fully saturated rings. The third-order valence-corrected chi connectivity index (χ3v) is 5.46. The number of sulfonamides is 1. The fourth-order valence-corrected chi connectivity index (χ4v) is 3.89. The van der Waals surface area contributed by atoms with Gasteiger partial charge in [-0.05, 0) is 35.7 Å². The molecule has 13 heteroatoms. The first kappa shape index (κ1) is 22.2. The molecule has 4 rings (SSSR count). The van der Waals surface area contributed by atoms with Gasteiger partial charge in [-0.1, -0.05) is 6.07 Å². The highest BCUT2D eigenvalue weighted by molar-refractivity contribution is 7.92. The van der Waals surface area contributed by atoms with Crippen LogP contribution in [-0.2, 0) is 29.5 Å². The number of nitrogens with zero attached hydrogens (tertiary/aromatic N) is 5. The normalized spacial score (nSPS) is 13.2. The van der Waals surface area contributed by atoms with Gasteiger partial charge in [-0.3, -0.25) is 9.71 Å². The van der Waals surface area contributed by atoms with Gasteiger partial charge in [0.2, 0.25) is 16.0 Å². The number of anilines is 4. The molecule has 33 heavy (non-hydrogen) atoms. The molecule has 1 aliphatic rings. The molecule has 1 aliphatic heterocycles. The van der Waals surface area contributed by atoms with Crippen LogP contribution >= 0.6 is 0 Å². The monoisotopic (exact) mass is 470 g/mol. The molecular weight excluding hydrogens is 448 g/mol. The van der Waals surface area contributed by atoms with Gasteiger partial charge in [0.15, 0.2) is 5.82 Å². The van der Waals surface area contributed by atoms with E-state index in [2.05, 4.69) is 35.3 Å². The molecule has 12 nitrogen and oxygen atoms in total. The van der Waals surface area contributed by atoms with E-state index >= 15 is 0 Å². The molecule has 0 bridgehead atoms. The molecule has 3 heterocycles. The number of carbonyl (C=O) groups is 1. The van der Waals surface area contributed by atoms with Gasteiger partial charge in [0.1, 0.15) is 11.5 Å². The molecule has 0 saturated heterocycles. The number of nitrogens with one attached hydrogen (secondary N) is 3. The highest BCUT2D eigenvalue weighted by Crippen LogP contribution is 2.24. The Labute approximate surface area is 190 Å². The maximum Gasteiger partial charge on any atom is 0.407 e. The molecule has 0 aliphatic carbocycles. The highest BCUT2D eigenvalue weighted by Gasteiger charge is 2.20. The molecule has 3 aromatic rings. The van der Waals surface area contributed by atoms with Crippen LogP contribution in [0.2, 0.25) is 0 Å². The summed E-state index contributed by atoms with van der Waals surface area (Å²) in [5.74, 6) is 1.03. The minimum Gasteiger partial charge on any atom is -0.465 e. The van der Waals surface area contributed by atoms with Crippen molar-refractivity contribution < 1.29 is 18.3 Å². The lowest BCUT2D eigenvalue weighted by Crippen LogP contribution is -2.34. The molecule has 1 aromatic carbocycles. The summed E-state index contributed by atoms with van der Waals surface area (Å²) in [6, 6.07) is 7.41. The van der Waals surface area contributed by atoms with E-state index < -0.39 is 16.1 Å². The summed E-state index contributed by atoms with van der Waals surface area (Å²) in [5.41, 5.74) is 3.28. The van der Waals surface area contributed by atoms with Gasteiger partial charge in [-0.2, -0.15) is 4.98 Å². The maximum absolute atomic E-state index is 11.5. The third-order valence-electron chi connectivity index (χ3n) is 4.89. The molecule has 0 saturated carbocycles. The van der Waals surface area contributed by atoms with Crippen molar-refractivity contribution in [2.45, 2.75) is 19.5 Å². The number of hydrogen-bond acceptors (Lipinski definition) is 9. The van der Waals surface area contributed by atoms with Crippen molar-refractivity contribution in [1.82, 2.24) is 24.8 Å². The van der Waals surface area contributed by atoms with Gasteiger partial charge in [-0.25, -0.2) is 23.2 Å². The summed E-state index contributed by atoms with van der Waals surface area (Å²) in [5, 5.41) is 15.4. The van der Waals surface area contributed by atoms with Crippen LogP contribution in [-0.4, -0.2) is 57.3 Å². The molecule has 0 unspecified atom stereocenters. The lowest BCUT2D eigenvalue weighted by Gasteiger charge is -2.26. The molecule has 0 spiro atoms. The first-order valence-corrected chi connectivity index (χ1v) is 11.9. The van der Waals surface area contributed by atoms with Crippen molar-refractivity contribution in [3.05, 3.63) is 59.7 Å². The number of amides is 1. The zero-order valence-corrected chi connectivity index (χ0v) is 18.5. The number of carboxylic acid groups (broad SMARTS) is 1. The van der Waals surface area contributed by atoms with Crippen molar-refractivity contribution in [3.8, 4) is 0 Å². The number of aromatic nitrogens is 4. The van der Waals surface area contributed by atoms with E-state index in [-0.39, 0.29) is 12.4 Å². The lowest BCUT2D eigenvalue weighted by atomic mass is 9.99. The summed E-state index contributed by atoms with van der Waals surface area (Å²) in [6.07, 6.45) is 5.24.